The molecule has 0 fully saturated rings. The largest absolute Gasteiger partial charge is 0.456 e. The van der Waals surface area contributed by atoms with E-state index < -0.39 is 0 Å². The fourth-order valence-electron chi connectivity index (χ4n) is 8.32. The zero-order chi connectivity index (χ0) is 34.6. The van der Waals surface area contributed by atoms with Crippen molar-refractivity contribution in [3.63, 3.8) is 0 Å². The molecule has 0 N–H and O–H groups in total. The van der Waals surface area contributed by atoms with Crippen LogP contribution in [0, 0.1) is 0 Å². The van der Waals surface area contributed by atoms with Crippen LogP contribution < -0.4 is 0 Å². The molecule has 0 radical (unpaired) electrons. The van der Waals surface area contributed by atoms with Gasteiger partial charge in [-0.2, -0.15) is 0 Å². The van der Waals surface area contributed by atoms with Gasteiger partial charge in [-0.05, 0) is 52.9 Å². The van der Waals surface area contributed by atoms with Crippen molar-refractivity contribution in [2.24, 2.45) is 0 Å². The summed E-state index contributed by atoms with van der Waals surface area (Å²) < 4.78 is 15.1. The molecule has 0 atom stereocenters. The molecule has 0 unspecified atom stereocenters. The Morgan fingerprint density at radius 1 is 0.415 bits per heavy atom. The summed E-state index contributed by atoms with van der Waals surface area (Å²) in [5.74, 6) is 0.620. The first-order valence-electron chi connectivity index (χ1n) is 17.7. The monoisotopic (exact) mass is 678 g/mol. The van der Waals surface area contributed by atoms with E-state index in [2.05, 4.69) is 101 Å². The Bertz CT molecular complexity index is 3460. The maximum Gasteiger partial charge on any atom is 0.183 e. The van der Waals surface area contributed by atoms with E-state index in [0.29, 0.717) is 11.5 Å². The van der Waals surface area contributed by atoms with E-state index in [-0.39, 0.29) is 0 Å². The predicted octanol–water partition coefficient (Wildman–Crippen LogP) is 12.4. The zero-order valence-electron chi connectivity index (χ0n) is 28.1. The summed E-state index contributed by atoms with van der Waals surface area (Å²) in [4.78, 5) is 15.8. The van der Waals surface area contributed by atoms with E-state index in [1.54, 1.807) is 0 Å². The van der Waals surface area contributed by atoms with Crippen LogP contribution in [0.1, 0.15) is 0 Å². The third-order valence-corrected chi connectivity index (χ3v) is 10.6. The minimum absolute atomic E-state index is 0.620. The van der Waals surface area contributed by atoms with Crippen LogP contribution in [0.2, 0.25) is 0 Å². The highest BCUT2D eigenvalue weighted by atomic mass is 16.3. The Balaban J connectivity index is 1.21. The van der Waals surface area contributed by atoms with Crippen LogP contribution in [0.25, 0.3) is 116 Å². The molecule has 0 saturated carbocycles. The molecule has 0 aliphatic carbocycles. The van der Waals surface area contributed by atoms with Gasteiger partial charge in [-0.15, -0.1) is 0 Å². The normalized spacial score (nSPS) is 12.2. The smallest absolute Gasteiger partial charge is 0.183 e. The molecule has 5 aromatic heterocycles. The zero-order valence-corrected chi connectivity index (χ0v) is 28.1. The Labute approximate surface area is 301 Å². The molecule has 0 bridgehead atoms. The number of para-hydroxylation sites is 2. The lowest BCUT2D eigenvalue weighted by Gasteiger charge is -2.12. The summed E-state index contributed by atoms with van der Waals surface area (Å²) in [6.07, 6.45) is 0. The summed E-state index contributed by atoms with van der Waals surface area (Å²) in [5, 5.41) is 7.56. The van der Waals surface area contributed by atoms with Gasteiger partial charge in [0.1, 0.15) is 39.2 Å². The van der Waals surface area contributed by atoms with Crippen molar-refractivity contribution in [3.8, 4) is 33.8 Å². The predicted molar refractivity (Wildman–Crippen MR) is 214 cm³/mol. The van der Waals surface area contributed by atoms with Crippen LogP contribution in [0.4, 0.5) is 0 Å². The Kier molecular flexibility index (Phi) is 5.68. The van der Waals surface area contributed by atoms with Crippen LogP contribution in [-0.2, 0) is 0 Å². The van der Waals surface area contributed by atoms with Crippen LogP contribution in [0.15, 0.2) is 167 Å². The Morgan fingerprint density at radius 2 is 1.06 bits per heavy atom. The van der Waals surface area contributed by atoms with Gasteiger partial charge < -0.3 is 8.83 Å². The minimum Gasteiger partial charge on any atom is -0.456 e. The van der Waals surface area contributed by atoms with Crippen molar-refractivity contribution in [3.05, 3.63) is 158 Å². The number of fused-ring (bicyclic) bond motifs is 14. The molecule has 6 heteroatoms. The molecule has 12 rings (SSSR count). The van der Waals surface area contributed by atoms with Gasteiger partial charge in [0.15, 0.2) is 11.5 Å². The number of benzene rings is 7. The van der Waals surface area contributed by atoms with E-state index in [1.165, 1.54) is 0 Å². The molecule has 6 nitrogen and oxygen atoms in total. The van der Waals surface area contributed by atoms with Crippen molar-refractivity contribution in [2.45, 2.75) is 0 Å². The molecule has 246 valence electrons. The summed E-state index contributed by atoms with van der Waals surface area (Å²) in [6, 6.07) is 54.3. The second kappa shape index (κ2) is 10.6. The fourth-order valence-corrected chi connectivity index (χ4v) is 8.32. The first-order valence-corrected chi connectivity index (χ1v) is 17.7. The molecule has 53 heavy (non-hydrogen) atoms. The highest BCUT2D eigenvalue weighted by molar-refractivity contribution is 6.19. The van der Waals surface area contributed by atoms with E-state index in [9.17, 15) is 0 Å². The SMILES string of the molecule is c1ccc(-c2nc(-c3cccc4oc5ccc(-c6cccc7oc8ccccc8c67)cc5c34)c3c(n2)nc2c4ccccc4c4ccccc4n23)cc1. The Hall–Kier alpha value is -7.31. The van der Waals surface area contributed by atoms with Gasteiger partial charge in [-0.3, -0.25) is 4.40 Å². The van der Waals surface area contributed by atoms with Crippen LogP contribution in [0.5, 0.6) is 0 Å². The first-order chi connectivity index (χ1) is 26.3. The molecule has 12 aromatic rings. The number of rotatable bonds is 3. The van der Waals surface area contributed by atoms with Gasteiger partial charge in [0.05, 0.1) is 5.52 Å². The average molecular weight is 679 g/mol. The number of furan rings is 2. The maximum atomic E-state index is 6.59. The van der Waals surface area contributed by atoms with Crippen molar-refractivity contribution in [2.75, 3.05) is 0 Å². The molecular formula is C47H26N4O2. The van der Waals surface area contributed by atoms with E-state index in [0.717, 1.165) is 105 Å². The molecule has 5 heterocycles. The fraction of sp³-hybridized carbons (Fsp3) is 0. The van der Waals surface area contributed by atoms with Crippen molar-refractivity contribution < 1.29 is 8.83 Å². The number of nitrogens with zero attached hydrogens (tertiary/aromatic N) is 4. The lowest BCUT2D eigenvalue weighted by Crippen LogP contribution is -1.98. The van der Waals surface area contributed by atoms with Crippen LogP contribution in [-0.4, -0.2) is 19.4 Å². The van der Waals surface area contributed by atoms with E-state index in [4.69, 9.17) is 23.8 Å². The number of aromatic nitrogens is 4. The van der Waals surface area contributed by atoms with Crippen LogP contribution >= 0.6 is 0 Å². The van der Waals surface area contributed by atoms with Crippen LogP contribution in [0.3, 0.4) is 0 Å². The molecule has 7 aromatic carbocycles. The van der Waals surface area contributed by atoms with Gasteiger partial charge in [0.25, 0.3) is 0 Å². The van der Waals surface area contributed by atoms with Gasteiger partial charge in [-0.25, -0.2) is 15.0 Å². The summed E-state index contributed by atoms with van der Waals surface area (Å²) >= 11 is 0. The molecule has 0 amide bonds. The topological polar surface area (TPSA) is 69.4 Å². The molecule has 0 aliphatic rings. The van der Waals surface area contributed by atoms with Gasteiger partial charge >= 0.3 is 0 Å². The third kappa shape index (κ3) is 4.00. The second-order valence-corrected chi connectivity index (χ2v) is 13.5. The second-order valence-electron chi connectivity index (χ2n) is 13.5. The van der Waals surface area contributed by atoms with Gasteiger partial charge in [-0.1, -0.05) is 121 Å². The highest BCUT2D eigenvalue weighted by Crippen LogP contribution is 2.43. The highest BCUT2D eigenvalue weighted by Gasteiger charge is 2.24. The lowest BCUT2D eigenvalue weighted by molar-refractivity contribution is 0.669. The quantitative estimate of drug-likeness (QED) is 0.174. The lowest BCUT2D eigenvalue weighted by atomic mass is 9.96. The third-order valence-electron chi connectivity index (χ3n) is 10.6. The standard InChI is InChI=1S/C47H26N4O2/c1-2-12-27(13-3-1)45-48-43(44-46(49-45)50-47-32-16-5-4-14-30(32)31-15-6-8-20-36(31)51(44)47)34-19-11-23-40-42(34)35-26-28(24-25-38(35)53-40)29-18-10-22-39-41(29)33-17-7-9-21-37(33)52-39/h1-26H. The number of hydrogen-bond acceptors (Lipinski definition) is 5. The van der Waals surface area contributed by atoms with E-state index in [1.807, 2.05) is 60.7 Å². The number of hydrogen-bond donors (Lipinski definition) is 0. The molecule has 0 saturated heterocycles. The molecule has 0 aliphatic heterocycles. The first kappa shape index (κ1) is 28.4. The van der Waals surface area contributed by atoms with Crippen molar-refractivity contribution in [1.29, 1.82) is 0 Å². The number of pyridine rings is 1. The molecule has 0 spiro atoms. The molecular weight excluding hydrogens is 653 g/mol. The summed E-state index contributed by atoms with van der Waals surface area (Å²) in [5.41, 5.74) is 11.6. The summed E-state index contributed by atoms with van der Waals surface area (Å²) in [6.45, 7) is 0. The minimum atomic E-state index is 0.620. The average Bonchev–Trinajstić information content (AvgIpc) is 3.92. The van der Waals surface area contributed by atoms with Gasteiger partial charge in [0.2, 0.25) is 0 Å². The van der Waals surface area contributed by atoms with Gasteiger partial charge in [0, 0.05) is 43.4 Å². The number of imidazole rings is 1. The van der Waals surface area contributed by atoms with Crippen molar-refractivity contribution >= 4 is 82.4 Å². The van der Waals surface area contributed by atoms with E-state index >= 15 is 0 Å². The summed E-state index contributed by atoms with van der Waals surface area (Å²) in [7, 11) is 0. The Morgan fingerprint density at radius 3 is 1.89 bits per heavy atom. The maximum absolute atomic E-state index is 6.59. The van der Waals surface area contributed by atoms with Crippen molar-refractivity contribution in [1.82, 2.24) is 19.4 Å².